The highest BCUT2D eigenvalue weighted by Crippen LogP contribution is 2.56. The molecule has 1 aromatic rings. The van der Waals surface area contributed by atoms with Crippen molar-refractivity contribution >= 4 is 17.5 Å². The predicted octanol–water partition coefficient (Wildman–Crippen LogP) is 3.23. The molecule has 0 unspecified atom stereocenters. The van der Waals surface area contributed by atoms with E-state index < -0.39 is 29.0 Å². The molecule has 0 saturated heterocycles. The van der Waals surface area contributed by atoms with Crippen LogP contribution in [0.1, 0.15) is 32.1 Å². The summed E-state index contributed by atoms with van der Waals surface area (Å²) in [6, 6.07) is 1.69. The number of halogens is 3. The Morgan fingerprint density at radius 1 is 0.923 bits per heavy atom. The number of anilines is 1. The van der Waals surface area contributed by atoms with Crippen molar-refractivity contribution in [2.24, 2.45) is 29.6 Å². The van der Waals surface area contributed by atoms with Gasteiger partial charge in [-0.15, -0.1) is 0 Å². The summed E-state index contributed by atoms with van der Waals surface area (Å²) in [6.45, 7) is -0.319. The summed E-state index contributed by atoms with van der Waals surface area (Å²) < 4.78 is 39.7. The van der Waals surface area contributed by atoms with Crippen LogP contribution in [0, 0.1) is 47.0 Å². The summed E-state index contributed by atoms with van der Waals surface area (Å²) in [7, 11) is 0. The highest BCUT2D eigenvalue weighted by Gasteiger charge is 2.50. The molecule has 4 aliphatic carbocycles. The monoisotopic (exact) mass is 366 g/mol. The molecular weight excluding hydrogens is 345 g/mol. The molecule has 4 fully saturated rings. The summed E-state index contributed by atoms with van der Waals surface area (Å²) in [5.74, 6) is -2.96. The van der Waals surface area contributed by atoms with E-state index in [-0.39, 0.29) is 18.4 Å². The van der Waals surface area contributed by atoms with Crippen LogP contribution in [0.2, 0.25) is 0 Å². The van der Waals surface area contributed by atoms with Crippen LogP contribution < -0.4 is 10.6 Å². The van der Waals surface area contributed by atoms with Crippen LogP contribution in [-0.2, 0) is 9.59 Å². The number of amides is 2. The van der Waals surface area contributed by atoms with Crippen LogP contribution in [0.3, 0.4) is 0 Å². The number of hydrogen-bond donors (Lipinski definition) is 2. The van der Waals surface area contributed by atoms with Gasteiger partial charge < -0.3 is 10.6 Å². The largest absolute Gasteiger partial charge is 0.347 e. The number of hydrogen-bond acceptors (Lipinski definition) is 2. The Morgan fingerprint density at radius 3 is 2.15 bits per heavy atom. The number of nitrogens with one attached hydrogen (secondary N) is 2. The standard InChI is InChI=1S/C19H21F3N2O2/c20-13-1-2-14(18(22)17(13)21)24-15(25)8-23-19(26)16-11-4-9-3-10(6-11)7-12(16)5-9/h1-2,9-12,16H,3-8H2,(H,23,26)(H,24,25). The lowest BCUT2D eigenvalue weighted by Gasteiger charge is -2.53. The normalized spacial score (nSPS) is 31.7. The van der Waals surface area contributed by atoms with Crippen LogP contribution in [0.4, 0.5) is 18.9 Å². The molecule has 7 heteroatoms. The number of rotatable bonds is 4. The van der Waals surface area contributed by atoms with E-state index in [0.717, 1.165) is 49.7 Å². The van der Waals surface area contributed by atoms with Gasteiger partial charge in [0, 0.05) is 5.92 Å². The third-order valence-corrected chi connectivity index (χ3v) is 6.26. The zero-order valence-electron chi connectivity index (χ0n) is 14.2. The van der Waals surface area contributed by atoms with Crippen molar-refractivity contribution in [3.8, 4) is 0 Å². The van der Waals surface area contributed by atoms with Crippen molar-refractivity contribution in [3.05, 3.63) is 29.6 Å². The lowest BCUT2D eigenvalue weighted by Crippen LogP contribution is -2.51. The molecule has 5 rings (SSSR count). The molecule has 4 aliphatic rings. The van der Waals surface area contributed by atoms with Gasteiger partial charge in [-0.2, -0.15) is 0 Å². The Hall–Kier alpha value is -2.05. The summed E-state index contributed by atoms with van der Waals surface area (Å²) in [5, 5.41) is 4.80. The molecule has 0 spiro atoms. The van der Waals surface area contributed by atoms with Gasteiger partial charge in [-0.1, -0.05) is 0 Å². The Kier molecular flexibility index (Phi) is 4.40. The molecule has 2 N–H and O–H groups in total. The first-order valence-corrected chi connectivity index (χ1v) is 9.13. The first-order chi connectivity index (χ1) is 12.4. The molecule has 4 saturated carbocycles. The first kappa shape index (κ1) is 17.4. The van der Waals surface area contributed by atoms with E-state index in [4.69, 9.17) is 0 Å². The Balaban J connectivity index is 1.33. The quantitative estimate of drug-likeness (QED) is 0.804. The molecule has 1 aromatic carbocycles. The second-order valence-corrected chi connectivity index (χ2v) is 7.95. The summed E-state index contributed by atoms with van der Waals surface area (Å²) in [5.41, 5.74) is -0.447. The number of benzene rings is 1. The maximum Gasteiger partial charge on any atom is 0.243 e. The molecule has 4 bridgehead atoms. The lowest BCUT2D eigenvalue weighted by atomic mass is 9.51. The minimum Gasteiger partial charge on any atom is -0.347 e. The van der Waals surface area contributed by atoms with E-state index in [1.54, 1.807) is 0 Å². The van der Waals surface area contributed by atoms with Crippen molar-refractivity contribution in [2.75, 3.05) is 11.9 Å². The fraction of sp³-hybridized carbons (Fsp3) is 0.579. The van der Waals surface area contributed by atoms with Crippen molar-refractivity contribution in [2.45, 2.75) is 32.1 Å². The SMILES string of the molecule is O=C(CNC(=O)C1C2CC3CC(C2)CC1C3)Nc1ccc(F)c(F)c1F. The topological polar surface area (TPSA) is 58.2 Å². The molecule has 2 amide bonds. The second-order valence-electron chi connectivity index (χ2n) is 7.95. The van der Waals surface area contributed by atoms with E-state index in [2.05, 4.69) is 10.6 Å². The first-order valence-electron chi connectivity index (χ1n) is 9.13. The van der Waals surface area contributed by atoms with Crippen molar-refractivity contribution in [1.82, 2.24) is 5.32 Å². The summed E-state index contributed by atoms with van der Waals surface area (Å²) >= 11 is 0. The van der Waals surface area contributed by atoms with Crippen molar-refractivity contribution < 1.29 is 22.8 Å². The molecular formula is C19H21F3N2O2. The zero-order chi connectivity index (χ0) is 18.4. The van der Waals surface area contributed by atoms with E-state index >= 15 is 0 Å². The van der Waals surface area contributed by atoms with Gasteiger partial charge in [0.1, 0.15) is 0 Å². The second kappa shape index (κ2) is 6.59. The van der Waals surface area contributed by atoms with Crippen LogP contribution in [0.5, 0.6) is 0 Å². The molecule has 0 radical (unpaired) electrons. The summed E-state index contributed by atoms with van der Waals surface area (Å²) in [6.07, 6.45) is 5.67. The van der Waals surface area contributed by atoms with Crippen LogP contribution >= 0.6 is 0 Å². The zero-order valence-corrected chi connectivity index (χ0v) is 14.2. The maximum atomic E-state index is 13.6. The maximum absolute atomic E-state index is 13.6. The fourth-order valence-electron chi connectivity index (χ4n) is 5.46. The fourth-order valence-corrected chi connectivity index (χ4v) is 5.46. The van der Waals surface area contributed by atoms with Gasteiger partial charge in [0.05, 0.1) is 12.2 Å². The van der Waals surface area contributed by atoms with Gasteiger partial charge in [-0.25, -0.2) is 13.2 Å². The molecule has 140 valence electrons. The average molecular weight is 366 g/mol. The van der Waals surface area contributed by atoms with Gasteiger partial charge >= 0.3 is 0 Å². The molecule has 4 nitrogen and oxygen atoms in total. The molecule has 0 atom stereocenters. The highest BCUT2D eigenvalue weighted by atomic mass is 19.2. The van der Waals surface area contributed by atoms with Crippen molar-refractivity contribution in [1.29, 1.82) is 0 Å². The van der Waals surface area contributed by atoms with Gasteiger partial charge in [0.15, 0.2) is 17.5 Å². The van der Waals surface area contributed by atoms with Crippen LogP contribution in [0.15, 0.2) is 12.1 Å². The van der Waals surface area contributed by atoms with E-state index in [0.29, 0.717) is 11.8 Å². The van der Waals surface area contributed by atoms with Crippen LogP contribution in [0.25, 0.3) is 0 Å². The minimum absolute atomic E-state index is 0.0457. The third kappa shape index (κ3) is 3.08. The molecule has 0 aliphatic heterocycles. The average Bonchev–Trinajstić information content (AvgIpc) is 2.59. The Morgan fingerprint density at radius 2 is 1.54 bits per heavy atom. The van der Waals surface area contributed by atoms with Crippen molar-refractivity contribution in [3.63, 3.8) is 0 Å². The smallest absolute Gasteiger partial charge is 0.243 e. The van der Waals surface area contributed by atoms with Gasteiger partial charge in [0.2, 0.25) is 11.8 Å². The van der Waals surface area contributed by atoms with Gasteiger partial charge in [-0.05, 0) is 67.9 Å². The lowest BCUT2D eigenvalue weighted by molar-refractivity contribution is -0.139. The summed E-state index contributed by atoms with van der Waals surface area (Å²) in [4.78, 5) is 24.5. The van der Waals surface area contributed by atoms with E-state index in [1.165, 1.54) is 6.42 Å². The van der Waals surface area contributed by atoms with E-state index in [9.17, 15) is 22.8 Å². The molecule has 26 heavy (non-hydrogen) atoms. The number of carbonyl (C=O) groups is 2. The highest BCUT2D eigenvalue weighted by molar-refractivity contribution is 5.95. The molecule has 0 aromatic heterocycles. The predicted molar refractivity (Wildman–Crippen MR) is 88.5 cm³/mol. The van der Waals surface area contributed by atoms with Gasteiger partial charge in [0.25, 0.3) is 0 Å². The Bertz CT molecular complexity index is 725. The van der Waals surface area contributed by atoms with Gasteiger partial charge in [-0.3, -0.25) is 9.59 Å². The van der Waals surface area contributed by atoms with Crippen LogP contribution in [-0.4, -0.2) is 18.4 Å². The molecule has 0 heterocycles. The minimum atomic E-state index is -1.64. The third-order valence-electron chi connectivity index (χ3n) is 6.26. The Labute approximate surface area is 149 Å². The number of carbonyl (C=O) groups excluding carboxylic acids is 2. The van der Waals surface area contributed by atoms with E-state index in [1.807, 2.05) is 0 Å².